The van der Waals surface area contributed by atoms with Crippen LogP contribution in [0.15, 0.2) is 4.99 Å². The summed E-state index contributed by atoms with van der Waals surface area (Å²) in [5, 5.41) is 0. The van der Waals surface area contributed by atoms with Gasteiger partial charge in [0.15, 0.2) is 0 Å². The van der Waals surface area contributed by atoms with Crippen LogP contribution in [0.4, 0.5) is 4.39 Å². The Morgan fingerprint density at radius 3 is 2.43 bits per heavy atom. The molecule has 0 aromatic carbocycles. The number of hydrogen-bond acceptors (Lipinski definition) is 1. The zero-order chi connectivity index (χ0) is 5.70. The smallest absolute Gasteiger partial charge is 0.127 e. The van der Waals surface area contributed by atoms with Crippen molar-refractivity contribution in [2.75, 3.05) is 13.2 Å². The van der Waals surface area contributed by atoms with Crippen LogP contribution in [0.1, 0.15) is 13.8 Å². The van der Waals surface area contributed by atoms with Crippen molar-refractivity contribution in [3.05, 3.63) is 0 Å². The van der Waals surface area contributed by atoms with E-state index >= 15 is 0 Å². The van der Waals surface area contributed by atoms with Crippen LogP contribution in [0.3, 0.4) is 0 Å². The summed E-state index contributed by atoms with van der Waals surface area (Å²) in [6.07, 6.45) is 0. The van der Waals surface area contributed by atoms with Gasteiger partial charge >= 0.3 is 0 Å². The summed E-state index contributed by atoms with van der Waals surface area (Å²) in [6, 6.07) is 0. The highest BCUT2D eigenvalue weighted by Gasteiger charge is 1.81. The van der Waals surface area contributed by atoms with E-state index in [0.29, 0.717) is 12.3 Å². The molecule has 0 spiro atoms. The lowest BCUT2D eigenvalue weighted by molar-refractivity contribution is 0.579. The average Bonchev–Trinajstić information content (AvgIpc) is 1.68. The molecule has 0 aromatic heterocycles. The van der Waals surface area contributed by atoms with Crippen molar-refractivity contribution < 1.29 is 4.39 Å². The average molecular weight is 103 g/mol. The molecule has 1 nitrogen and oxygen atoms in total. The molecule has 0 aromatic rings. The van der Waals surface area contributed by atoms with Crippen molar-refractivity contribution in [1.29, 1.82) is 0 Å². The van der Waals surface area contributed by atoms with Crippen LogP contribution in [0.2, 0.25) is 0 Å². The number of nitrogens with zero attached hydrogens (tertiary/aromatic N) is 1. The zero-order valence-electron chi connectivity index (χ0n) is 4.74. The molecule has 0 saturated heterocycles. The van der Waals surface area contributed by atoms with Crippen molar-refractivity contribution in [2.45, 2.75) is 13.8 Å². The van der Waals surface area contributed by atoms with Gasteiger partial charge in [0.25, 0.3) is 0 Å². The molecule has 0 rings (SSSR count). The monoisotopic (exact) mass is 103 g/mol. The third-order valence-corrected chi connectivity index (χ3v) is 0.621. The molecular weight excluding hydrogens is 93.1 g/mol. The highest BCUT2D eigenvalue weighted by molar-refractivity contribution is 5.82. The molecule has 0 radical (unpaired) electrons. The van der Waals surface area contributed by atoms with E-state index in [1.54, 1.807) is 6.92 Å². The Morgan fingerprint density at radius 1 is 1.71 bits per heavy atom. The Balaban J connectivity index is 3.29. The number of aliphatic imine (C=N–C) groups is 1. The first kappa shape index (κ1) is 6.60. The first-order valence-electron chi connectivity index (χ1n) is 2.37. The van der Waals surface area contributed by atoms with Crippen LogP contribution in [-0.2, 0) is 0 Å². The summed E-state index contributed by atoms with van der Waals surface area (Å²) in [7, 11) is 0. The van der Waals surface area contributed by atoms with Gasteiger partial charge in [0, 0.05) is 12.3 Å². The molecule has 7 heavy (non-hydrogen) atoms. The minimum Gasteiger partial charge on any atom is -0.292 e. The van der Waals surface area contributed by atoms with E-state index in [-0.39, 0.29) is 0 Å². The predicted molar refractivity (Wildman–Crippen MR) is 29.6 cm³/mol. The number of alkyl halides is 1. The third-order valence-electron chi connectivity index (χ3n) is 0.621. The van der Waals surface area contributed by atoms with Crippen LogP contribution < -0.4 is 0 Å². The van der Waals surface area contributed by atoms with Gasteiger partial charge in [-0.3, -0.25) is 4.99 Å². The fourth-order valence-electron chi connectivity index (χ4n) is 0.312. The molecule has 2 heteroatoms. The zero-order valence-corrected chi connectivity index (χ0v) is 4.74. The van der Waals surface area contributed by atoms with E-state index in [0.717, 1.165) is 0 Å². The molecule has 0 bridgehead atoms. The summed E-state index contributed by atoms with van der Waals surface area (Å²) < 4.78 is 11.4. The van der Waals surface area contributed by atoms with Gasteiger partial charge in [0.2, 0.25) is 0 Å². The van der Waals surface area contributed by atoms with Gasteiger partial charge in [-0.1, -0.05) is 0 Å². The van der Waals surface area contributed by atoms with Gasteiger partial charge in [-0.2, -0.15) is 0 Å². The molecule has 0 N–H and O–H groups in total. The first-order valence-corrected chi connectivity index (χ1v) is 2.37. The van der Waals surface area contributed by atoms with Crippen LogP contribution >= 0.6 is 0 Å². The normalized spacial score (nSPS) is 12.1. The van der Waals surface area contributed by atoms with Gasteiger partial charge in [0.1, 0.15) is 6.67 Å². The molecule has 42 valence electrons. The lowest BCUT2D eigenvalue weighted by Gasteiger charge is -1.85. The number of hydrogen-bond donors (Lipinski definition) is 0. The second kappa shape index (κ2) is 3.78. The van der Waals surface area contributed by atoms with E-state index in [9.17, 15) is 4.39 Å². The molecule has 0 aliphatic rings. The summed E-state index contributed by atoms with van der Waals surface area (Å²) >= 11 is 0. The van der Waals surface area contributed by atoms with Crippen LogP contribution in [0, 0.1) is 0 Å². The first-order chi connectivity index (χ1) is 3.31. The third kappa shape index (κ3) is 3.43. The van der Waals surface area contributed by atoms with Gasteiger partial charge in [0.05, 0.1) is 0 Å². The van der Waals surface area contributed by atoms with Crippen LogP contribution in [-0.4, -0.2) is 18.9 Å². The lowest BCUT2D eigenvalue weighted by Crippen LogP contribution is -1.92. The SMILES string of the molecule is CCN=C(C)CF. The quantitative estimate of drug-likeness (QED) is 0.469. The maximum atomic E-state index is 11.4. The Hall–Kier alpha value is -0.400. The van der Waals surface area contributed by atoms with Gasteiger partial charge < -0.3 is 0 Å². The van der Waals surface area contributed by atoms with Crippen molar-refractivity contribution in [1.82, 2.24) is 0 Å². The van der Waals surface area contributed by atoms with E-state index < -0.39 is 6.67 Å². The van der Waals surface area contributed by atoms with E-state index in [4.69, 9.17) is 0 Å². The number of halogens is 1. The molecule has 0 amide bonds. The highest BCUT2D eigenvalue weighted by atomic mass is 19.1. The predicted octanol–water partition coefficient (Wildman–Crippen LogP) is 1.44. The summed E-state index contributed by atoms with van der Waals surface area (Å²) in [4.78, 5) is 3.78. The fourth-order valence-corrected chi connectivity index (χ4v) is 0.312. The van der Waals surface area contributed by atoms with Crippen LogP contribution in [0.25, 0.3) is 0 Å². The highest BCUT2D eigenvalue weighted by Crippen LogP contribution is 1.76. The summed E-state index contributed by atoms with van der Waals surface area (Å²) in [6.45, 7) is 3.85. The topological polar surface area (TPSA) is 12.4 Å². The largest absolute Gasteiger partial charge is 0.292 e. The molecule has 0 aliphatic heterocycles. The lowest BCUT2D eigenvalue weighted by atomic mass is 10.5. The standard InChI is InChI=1S/C5H10FN/c1-3-7-5(2)4-6/h3-4H2,1-2H3. The molecule has 0 aliphatic carbocycles. The van der Waals surface area contributed by atoms with Crippen molar-refractivity contribution >= 4 is 5.71 Å². The molecule has 0 heterocycles. The van der Waals surface area contributed by atoms with E-state index in [1.165, 1.54) is 0 Å². The molecule has 0 fully saturated rings. The maximum absolute atomic E-state index is 11.4. The Labute approximate surface area is 43.3 Å². The molecule has 0 atom stereocenters. The minimum absolute atomic E-state index is 0.409. The maximum Gasteiger partial charge on any atom is 0.127 e. The molecule has 0 unspecified atom stereocenters. The van der Waals surface area contributed by atoms with Gasteiger partial charge in [-0.05, 0) is 13.8 Å². The van der Waals surface area contributed by atoms with E-state index in [1.807, 2.05) is 6.92 Å². The molecular formula is C5H10FN. The van der Waals surface area contributed by atoms with E-state index in [2.05, 4.69) is 4.99 Å². The minimum atomic E-state index is -0.409. The Bertz CT molecular complexity index is 68.5. The second-order valence-corrected chi connectivity index (χ2v) is 1.34. The van der Waals surface area contributed by atoms with Crippen molar-refractivity contribution in [3.8, 4) is 0 Å². The summed E-state index contributed by atoms with van der Waals surface area (Å²) in [5.41, 5.74) is 0.586. The Kier molecular flexibility index (Phi) is 3.56. The second-order valence-electron chi connectivity index (χ2n) is 1.34. The van der Waals surface area contributed by atoms with Crippen molar-refractivity contribution in [2.24, 2.45) is 4.99 Å². The van der Waals surface area contributed by atoms with Crippen molar-refractivity contribution in [3.63, 3.8) is 0 Å². The number of rotatable bonds is 2. The summed E-state index contributed by atoms with van der Waals surface area (Å²) in [5.74, 6) is 0. The van der Waals surface area contributed by atoms with Crippen LogP contribution in [0.5, 0.6) is 0 Å². The molecule has 0 saturated carbocycles. The van der Waals surface area contributed by atoms with Gasteiger partial charge in [-0.25, -0.2) is 4.39 Å². The van der Waals surface area contributed by atoms with Gasteiger partial charge in [-0.15, -0.1) is 0 Å². The fraction of sp³-hybridized carbons (Fsp3) is 0.800. The Morgan fingerprint density at radius 2 is 2.29 bits per heavy atom.